The van der Waals surface area contributed by atoms with E-state index in [1.807, 2.05) is 54.6 Å². The Morgan fingerprint density at radius 1 is 0.870 bits per heavy atom. The molecule has 2 aromatic heterocycles. The van der Waals surface area contributed by atoms with Gasteiger partial charge in [0.1, 0.15) is 5.82 Å². The summed E-state index contributed by atoms with van der Waals surface area (Å²) in [4.78, 5) is 9.22. The number of H-pyrrole nitrogens is 1. The Bertz CT molecular complexity index is 977. The molecule has 0 aliphatic heterocycles. The number of nitrogen functional groups attached to an aromatic ring is 1. The summed E-state index contributed by atoms with van der Waals surface area (Å²) in [5.74, 6) is 1.05. The van der Waals surface area contributed by atoms with E-state index < -0.39 is 0 Å². The molecule has 0 bridgehead atoms. The van der Waals surface area contributed by atoms with Crippen LogP contribution in [0.2, 0.25) is 5.02 Å². The Morgan fingerprint density at radius 3 is 2.35 bits per heavy atom. The minimum absolute atomic E-state index is 0.449. The van der Waals surface area contributed by atoms with E-state index in [0.717, 1.165) is 16.8 Å². The first-order valence-corrected chi connectivity index (χ1v) is 7.43. The zero-order chi connectivity index (χ0) is 15.8. The van der Waals surface area contributed by atoms with Crippen molar-refractivity contribution in [1.29, 1.82) is 0 Å². The second kappa shape index (κ2) is 5.37. The molecular weight excluding hydrogens is 310 g/mol. The number of anilines is 1. The fourth-order valence-corrected chi connectivity index (χ4v) is 2.61. The first-order chi connectivity index (χ1) is 11.2. The molecule has 0 amide bonds. The highest BCUT2D eigenvalue weighted by Gasteiger charge is 2.16. The lowest BCUT2D eigenvalue weighted by Gasteiger charge is -2.07. The number of aromatic nitrogens is 4. The van der Waals surface area contributed by atoms with E-state index in [1.165, 1.54) is 0 Å². The Kier molecular flexibility index (Phi) is 3.20. The van der Waals surface area contributed by atoms with Crippen LogP contribution in [-0.4, -0.2) is 20.2 Å². The van der Waals surface area contributed by atoms with Gasteiger partial charge in [0, 0.05) is 16.1 Å². The molecule has 0 radical (unpaired) electrons. The monoisotopic (exact) mass is 321 g/mol. The first kappa shape index (κ1) is 13.7. The Hall–Kier alpha value is -2.92. The summed E-state index contributed by atoms with van der Waals surface area (Å²) >= 11 is 5.98. The average Bonchev–Trinajstić information content (AvgIpc) is 2.97. The van der Waals surface area contributed by atoms with Gasteiger partial charge in [0.05, 0.1) is 11.1 Å². The summed E-state index contributed by atoms with van der Waals surface area (Å²) in [6.07, 6.45) is 0. The molecule has 4 rings (SSSR count). The summed E-state index contributed by atoms with van der Waals surface area (Å²) in [5.41, 5.74) is 9.12. The van der Waals surface area contributed by atoms with E-state index in [0.29, 0.717) is 27.7 Å². The van der Waals surface area contributed by atoms with Crippen LogP contribution >= 0.6 is 11.6 Å². The third kappa shape index (κ3) is 2.41. The normalized spacial score (nSPS) is 11.0. The van der Waals surface area contributed by atoms with Crippen molar-refractivity contribution in [2.45, 2.75) is 0 Å². The molecule has 0 unspecified atom stereocenters. The van der Waals surface area contributed by atoms with E-state index in [-0.39, 0.29) is 0 Å². The predicted molar refractivity (Wildman–Crippen MR) is 92.0 cm³/mol. The van der Waals surface area contributed by atoms with E-state index in [2.05, 4.69) is 15.2 Å². The quantitative estimate of drug-likeness (QED) is 0.586. The van der Waals surface area contributed by atoms with Crippen molar-refractivity contribution in [1.82, 2.24) is 20.2 Å². The summed E-state index contributed by atoms with van der Waals surface area (Å²) in [6, 6.07) is 17.2. The molecule has 0 aliphatic rings. The number of nitrogens with one attached hydrogen (secondary N) is 1. The highest BCUT2D eigenvalue weighted by molar-refractivity contribution is 6.30. The minimum atomic E-state index is 0.449. The van der Waals surface area contributed by atoms with Crippen molar-refractivity contribution in [3.63, 3.8) is 0 Å². The topological polar surface area (TPSA) is 80.5 Å². The first-order valence-electron chi connectivity index (χ1n) is 7.05. The second-order valence-corrected chi connectivity index (χ2v) is 5.54. The smallest absolute Gasteiger partial charge is 0.187 e. The van der Waals surface area contributed by atoms with Crippen LogP contribution in [0.15, 0.2) is 54.6 Å². The third-order valence-corrected chi connectivity index (χ3v) is 3.84. The molecule has 0 saturated carbocycles. The zero-order valence-corrected chi connectivity index (χ0v) is 12.7. The summed E-state index contributed by atoms with van der Waals surface area (Å²) in [5, 5.41) is 8.34. The summed E-state index contributed by atoms with van der Waals surface area (Å²) < 4.78 is 0. The molecule has 0 aliphatic carbocycles. The van der Waals surface area contributed by atoms with E-state index >= 15 is 0 Å². The Labute approximate surface area is 137 Å². The van der Waals surface area contributed by atoms with Gasteiger partial charge in [-0.1, -0.05) is 54.1 Å². The molecule has 6 heteroatoms. The highest BCUT2D eigenvalue weighted by Crippen LogP contribution is 2.31. The number of halogens is 1. The molecule has 5 nitrogen and oxygen atoms in total. The average molecular weight is 322 g/mol. The number of nitrogens with zero attached hydrogens (tertiary/aromatic N) is 3. The Balaban J connectivity index is 2.01. The Morgan fingerprint density at radius 2 is 1.61 bits per heavy atom. The van der Waals surface area contributed by atoms with Gasteiger partial charge in [0.25, 0.3) is 0 Å². The largest absolute Gasteiger partial charge is 0.383 e. The lowest BCUT2D eigenvalue weighted by Crippen LogP contribution is -1.95. The third-order valence-electron chi connectivity index (χ3n) is 3.59. The molecule has 23 heavy (non-hydrogen) atoms. The number of benzene rings is 2. The molecule has 3 N–H and O–H groups in total. The SMILES string of the molecule is Nc1[nH]nc2nc(-c3ccccc3)nc(-c3ccc(Cl)cc3)c12. The standard InChI is InChI=1S/C17H12ClN5/c18-12-8-6-10(7-9-12)14-13-15(19)22-23-17(13)21-16(20-14)11-4-2-1-3-5-11/h1-9H,(H3,19,20,21,22,23). The van der Waals surface area contributed by atoms with Crippen LogP contribution in [0.1, 0.15) is 0 Å². The summed E-state index contributed by atoms with van der Waals surface area (Å²) in [7, 11) is 0. The fraction of sp³-hybridized carbons (Fsp3) is 0. The van der Waals surface area contributed by atoms with Crippen LogP contribution in [0.3, 0.4) is 0 Å². The molecule has 0 fully saturated rings. The number of hydrogen-bond donors (Lipinski definition) is 2. The van der Waals surface area contributed by atoms with Crippen LogP contribution < -0.4 is 5.73 Å². The molecule has 0 saturated heterocycles. The molecule has 2 aromatic carbocycles. The van der Waals surface area contributed by atoms with Gasteiger partial charge < -0.3 is 5.73 Å². The lowest BCUT2D eigenvalue weighted by molar-refractivity contribution is 1.10. The molecule has 2 heterocycles. The van der Waals surface area contributed by atoms with Gasteiger partial charge in [0.15, 0.2) is 11.5 Å². The number of nitrogens with two attached hydrogens (primary N) is 1. The minimum Gasteiger partial charge on any atom is -0.383 e. The van der Waals surface area contributed by atoms with Crippen molar-refractivity contribution in [3.8, 4) is 22.6 Å². The zero-order valence-electron chi connectivity index (χ0n) is 12.0. The maximum Gasteiger partial charge on any atom is 0.187 e. The number of fused-ring (bicyclic) bond motifs is 1. The van der Waals surface area contributed by atoms with Gasteiger partial charge in [0.2, 0.25) is 0 Å². The van der Waals surface area contributed by atoms with Gasteiger partial charge in [-0.2, -0.15) is 5.10 Å². The van der Waals surface area contributed by atoms with Crippen LogP contribution in [0.5, 0.6) is 0 Å². The number of aromatic amines is 1. The number of hydrogen-bond acceptors (Lipinski definition) is 4. The van der Waals surface area contributed by atoms with Gasteiger partial charge in [-0.3, -0.25) is 5.10 Å². The van der Waals surface area contributed by atoms with Gasteiger partial charge >= 0.3 is 0 Å². The van der Waals surface area contributed by atoms with Crippen molar-refractivity contribution >= 4 is 28.5 Å². The van der Waals surface area contributed by atoms with Gasteiger partial charge in [-0.05, 0) is 12.1 Å². The fourth-order valence-electron chi connectivity index (χ4n) is 2.48. The van der Waals surface area contributed by atoms with Crippen LogP contribution in [0.4, 0.5) is 5.82 Å². The second-order valence-electron chi connectivity index (χ2n) is 5.10. The molecule has 0 spiro atoms. The predicted octanol–water partition coefficient (Wildman–Crippen LogP) is 3.92. The highest BCUT2D eigenvalue weighted by atomic mass is 35.5. The van der Waals surface area contributed by atoms with E-state index in [1.54, 1.807) is 0 Å². The maximum absolute atomic E-state index is 6.01. The molecule has 0 atom stereocenters. The van der Waals surface area contributed by atoms with Crippen molar-refractivity contribution in [2.75, 3.05) is 5.73 Å². The van der Waals surface area contributed by atoms with Gasteiger partial charge in [-0.25, -0.2) is 9.97 Å². The molecular formula is C17H12ClN5. The van der Waals surface area contributed by atoms with Crippen molar-refractivity contribution in [2.24, 2.45) is 0 Å². The van der Waals surface area contributed by atoms with Crippen molar-refractivity contribution in [3.05, 3.63) is 59.6 Å². The maximum atomic E-state index is 6.01. The van der Waals surface area contributed by atoms with E-state index in [4.69, 9.17) is 22.3 Å². The molecule has 112 valence electrons. The van der Waals surface area contributed by atoms with Crippen molar-refractivity contribution < 1.29 is 0 Å². The van der Waals surface area contributed by atoms with E-state index in [9.17, 15) is 0 Å². The molecule has 4 aromatic rings. The van der Waals surface area contributed by atoms with Gasteiger partial charge in [-0.15, -0.1) is 0 Å². The van der Waals surface area contributed by atoms with Crippen LogP contribution in [0.25, 0.3) is 33.7 Å². The number of rotatable bonds is 2. The van der Waals surface area contributed by atoms with Crippen LogP contribution in [-0.2, 0) is 0 Å². The summed E-state index contributed by atoms with van der Waals surface area (Å²) in [6.45, 7) is 0. The van der Waals surface area contributed by atoms with Crippen LogP contribution in [0, 0.1) is 0 Å². The lowest BCUT2D eigenvalue weighted by atomic mass is 10.1.